The number of hydrogen-bond acceptors (Lipinski definition) is 3. The van der Waals surface area contributed by atoms with E-state index < -0.39 is 0 Å². The Labute approximate surface area is 123 Å². The summed E-state index contributed by atoms with van der Waals surface area (Å²) in [7, 11) is 0. The highest BCUT2D eigenvalue weighted by Crippen LogP contribution is 2.22. The van der Waals surface area contributed by atoms with Gasteiger partial charge in [-0.2, -0.15) is 5.10 Å². The van der Waals surface area contributed by atoms with Crippen molar-refractivity contribution in [3.8, 4) is 0 Å². The molecule has 3 heterocycles. The van der Waals surface area contributed by atoms with Gasteiger partial charge in [-0.1, -0.05) is 19.1 Å². The van der Waals surface area contributed by atoms with Crippen molar-refractivity contribution < 1.29 is 0 Å². The van der Waals surface area contributed by atoms with E-state index in [1.807, 2.05) is 12.1 Å². The summed E-state index contributed by atoms with van der Waals surface area (Å²) in [6, 6.07) is 8.19. The largest absolute Gasteiger partial charge is 0.341 e. The molecule has 0 amide bonds. The first-order valence-corrected chi connectivity index (χ1v) is 7.54. The standard InChI is InChI=1S/C16H19N5/c1-2-12-11-9-21(8-7-13(11)20-19-12)10-16-17-14-5-3-4-6-15(14)18-16/h3-6H,2,7-10H2,1H3,(H,17,18)(H,19,20). The van der Waals surface area contributed by atoms with Gasteiger partial charge in [0.05, 0.1) is 23.3 Å². The molecule has 1 aromatic carbocycles. The molecular formula is C16H19N5. The predicted molar refractivity (Wildman–Crippen MR) is 81.9 cm³/mol. The van der Waals surface area contributed by atoms with Crippen LogP contribution in [0.5, 0.6) is 0 Å². The number of benzene rings is 1. The molecule has 0 aliphatic carbocycles. The van der Waals surface area contributed by atoms with Gasteiger partial charge in [-0.05, 0) is 18.6 Å². The Morgan fingerprint density at radius 1 is 1.29 bits per heavy atom. The molecule has 108 valence electrons. The zero-order valence-corrected chi connectivity index (χ0v) is 12.2. The summed E-state index contributed by atoms with van der Waals surface area (Å²) < 4.78 is 0. The highest BCUT2D eigenvalue weighted by atomic mass is 15.2. The summed E-state index contributed by atoms with van der Waals surface area (Å²) in [4.78, 5) is 10.5. The summed E-state index contributed by atoms with van der Waals surface area (Å²) in [6.07, 6.45) is 2.03. The van der Waals surface area contributed by atoms with Crippen molar-refractivity contribution in [2.24, 2.45) is 0 Å². The van der Waals surface area contributed by atoms with E-state index in [4.69, 9.17) is 0 Å². The van der Waals surface area contributed by atoms with E-state index in [-0.39, 0.29) is 0 Å². The number of aryl methyl sites for hydroxylation is 1. The normalized spacial score (nSPS) is 15.5. The van der Waals surface area contributed by atoms with Crippen molar-refractivity contribution in [3.05, 3.63) is 47.0 Å². The molecule has 0 unspecified atom stereocenters. The predicted octanol–water partition coefficient (Wildman–Crippen LogP) is 2.41. The van der Waals surface area contributed by atoms with Crippen LogP contribution in [0.3, 0.4) is 0 Å². The number of aromatic amines is 2. The summed E-state index contributed by atoms with van der Waals surface area (Å²) in [5.41, 5.74) is 6.07. The Morgan fingerprint density at radius 2 is 2.19 bits per heavy atom. The molecule has 0 radical (unpaired) electrons. The third-order valence-electron chi connectivity index (χ3n) is 4.24. The zero-order chi connectivity index (χ0) is 14.2. The van der Waals surface area contributed by atoms with Gasteiger partial charge in [0.1, 0.15) is 5.82 Å². The monoisotopic (exact) mass is 281 g/mol. The van der Waals surface area contributed by atoms with E-state index in [1.54, 1.807) is 0 Å². The first-order valence-electron chi connectivity index (χ1n) is 7.54. The van der Waals surface area contributed by atoms with Crippen molar-refractivity contribution in [1.82, 2.24) is 25.1 Å². The van der Waals surface area contributed by atoms with Crippen LogP contribution in [0.2, 0.25) is 0 Å². The van der Waals surface area contributed by atoms with Gasteiger partial charge in [0.2, 0.25) is 0 Å². The van der Waals surface area contributed by atoms with Gasteiger partial charge in [-0.15, -0.1) is 0 Å². The van der Waals surface area contributed by atoms with Crippen LogP contribution < -0.4 is 0 Å². The third-order valence-corrected chi connectivity index (χ3v) is 4.24. The number of nitrogens with one attached hydrogen (secondary N) is 2. The van der Waals surface area contributed by atoms with Gasteiger partial charge in [-0.3, -0.25) is 10.00 Å². The van der Waals surface area contributed by atoms with Gasteiger partial charge >= 0.3 is 0 Å². The number of imidazole rings is 1. The highest BCUT2D eigenvalue weighted by molar-refractivity contribution is 5.74. The van der Waals surface area contributed by atoms with Crippen LogP contribution in [0.1, 0.15) is 29.7 Å². The molecule has 5 heteroatoms. The molecule has 0 atom stereocenters. The van der Waals surface area contributed by atoms with Gasteiger partial charge < -0.3 is 4.98 Å². The maximum atomic E-state index is 4.67. The van der Waals surface area contributed by atoms with Gasteiger partial charge in [0.25, 0.3) is 0 Å². The summed E-state index contributed by atoms with van der Waals surface area (Å²) in [5.74, 6) is 1.04. The second-order valence-electron chi connectivity index (χ2n) is 5.64. The minimum atomic E-state index is 0.864. The van der Waals surface area contributed by atoms with Gasteiger partial charge in [0.15, 0.2) is 0 Å². The number of para-hydroxylation sites is 2. The fourth-order valence-electron chi connectivity index (χ4n) is 3.13. The quantitative estimate of drug-likeness (QED) is 0.775. The van der Waals surface area contributed by atoms with E-state index in [9.17, 15) is 0 Å². The Bertz CT molecular complexity index is 723. The lowest BCUT2D eigenvalue weighted by Gasteiger charge is -2.26. The molecule has 3 aromatic rings. The fourth-order valence-corrected chi connectivity index (χ4v) is 3.13. The SMILES string of the molecule is CCc1n[nH]c2c1CN(Cc1nc3ccccc3[nH]1)CC2. The van der Waals surface area contributed by atoms with Gasteiger partial charge in [0, 0.05) is 30.8 Å². The first-order chi connectivity index (χ1) is 10.3. The number of fused-ring (bicyclic) bond motifs is 2. The van der Waals surface area contributed by atoms with E-state index in [2.05, 4.69) is 44.1 Å². The van der Waals surface area contributed by atoms with Crippen LogP contribution in [0, 0.1) is 0 Å². The number of H-pyrrole nitrogens is 2. The van der Waals surface area contributed by atoms with E-state index in [0.717, 1.165) is 49.3 Å². The first kappa shape index (κ1) is 12.6. The summed E-state index contributed by atoms with van der Waals surface area (Å²) >= 11 is 0. The number of rotatable bonds is 3. The molecule has 0 bridgehead atoms. The molecule has 4 rings (SSSR count). The summed E-state index contributed by atoms with van der Waals surface area (Å²) in [5, 5.41) is 7.60. The smallest absolute Gasteiger partial charge is 0.121 e. The maximum absolute atomic E-state index is 4.67. The van der Waals surface area contributed by atoms with Crippen molar-refractivity contribution in [3.63, 3.8) is 0 Å². The Morgan fingerprint density at radius 3 is 3.05 bits per heavy atom. The second kappa shape index (κ2) is 5.00. The summed E-state index contributed by atoms with van der Waals surface area (Å²) in [6.45, 7) is 5.04. The number of nitrogens with zero attached hydrogens (tertiary/aromatic N) is 3. The van der Waals surface area contributed by atoms with Crippen molar-refractivity contribution >= 4 is 11.0 Å². The molecule has 1 aliphatic rings. The van der Waals surface area contributed by atoms with Crippen molar-refractivity contribution in [2.45, 2.75) is 32.9 Å². The average molecular weight is 281 g/mol. The van der Waals surface area contributed by atoms with Gasteiger partial charge in [-0.25, -0.2) is 4.98 Å². The lowest BCUT2D eigenvalue weighted by atomic mass is 10.0. The molecule has 0 fully saturated rings. The van der Waals surface area contributed by atoms with E-state index >= 15 is 0 Å². The van der Waals surface area contributed by atoms with E-state index in [0.29, 0.717) is 0 Å². The zero-order valence-electron chi connectivity index (χ0n) is 12.2. The minimum absolute atomic E-state index is 0.864. The maximum Gasteiger partial charge on any atom is 0.121 e. The fraction of sp³-hybridized carbons (Fsp3) is 0.375. The molecule has 0 saturated carbocycles. The molecule has 2 N–H and O–H groups in total. The van der Waals surface area contributed by atoms with Crippen LogP contribution in [0.4, 0.5) is 0 Å². The average Bonchev–Trinajstić information content (AvgIpc) is 3.09. The molecular weight excluding hydrogens is 262 g/mol. The van der Waals surface area contributed by atoms with Crippen LogP contribution in [0.15, 0.2) is 24.3 Å². The lowest BCUT2D eigenvalue weighted by molar-refractivity contribution is 0.239. The molecule has 1 aliphatic heterocycles. The highest BCUT2D eigenvalue weighted by Gasteiger charge is 2.21. The van der Waals surface area contributed by atoms with Crippen molar-refractivity contribution in [2.75, 3.05) is 6.54 Å². The number of hydrogen-bond donors (Lipinski definition) is 2. The van der Waals surface area contributed by atoms with Crippen LogP contribution >= 0.6 is 0 Å². The molecule has 0 saturated heterocycles. The topological polar surface area (TPSA) is 60.6 Å². The van der Waals surface area contributed by atoms with E-state index in [1.165, 1.54) is 17.0 Å². The molecule has 21 heavy (non-hydrogen) atoms. The Hall–Kier alpha value is -2.14. The molecule has 2 aromatic heterocycles. The number of aromatic nitrogens is 4. The second-order valence-corrected chi connectivity index (χ2v) is 5.64. The molecule has 5 nitrogen and oxygen atoms in total. The lowest BCUT2D eigenvalue weighted by Crippen LogP contribution is -2.30. The van der Waals surface area contributed by atoms with Crippen molar-refractivity contribution in [1.29, 1.82) is 0 Å². The molecule has 0 spiro atoms. The van der Waals surface area contributed by atoms with Crippen LogP contribution in [0.25, 0.3) is 11.0 Å². The van der Waals surface area contributed by atoms with Crippen LogP contribution in [-0.2, 0) is 25.9 Å². The van der Waals surface area contributed by atoms with Crippen LogP contribution in [-0.4, -0.2) is 31.6 Å². The Kier molecular flexibility index (Phi) is 3.00. The minimum Gasteiger partial charge on any atom is -0.341 e. The third kappa shape index (κ3) is 2.23. The Balaban J connectivity index is 1.55.